The van der Waals surface area contributed by atoms with Crippen molar-refractivity contribution in [3.63, 3.8) is 0 Å². The predicted molar refractivity (Wildman–Crippen MR) is 69.6 cm³/mol. The second-order valence-corrected chi connectivity index (χ2v) is 3.89. The molecule has 0 saturated carbocycles. The summed E-state index contributed by atoms with van der Waals surface area (Å²) in [7, 11) is 3.30. The molecule has 0 aliphatic rings. The Balaban J connectivity index is 2.92. The molecule has 0 aliphatic carbocycles. The van der Waals surface area contributed by atoms with E-state index in [1.165, 1.54) is 0 Å². The molecule has 1 atom stereocenters. The summed E-state index contributed by atoms with van der Waals surface area (Å²) in [5.41, 5.74) is 6.88. The first-order chi connectivity index (χ1) is 8.24. The number of hydrogen-bond donors (Lipinski definition) is 2. The van der Waals surface area contributed by atoms with Gasteiger partial charge in [0.15, 0.2) is 0 Å². The second kappa shape index (κ2) is 7.14. The Morgan fingerprint density at radius 1 is 1.18 bits per heavy atom. The quantitative estimate of drug-likeness (QED) is 0.759. The van der Waals surface area contributed by atoms with Crippen LogP contribution in [0, 0.1) is 0 Å². The average molecular weight is 238 g/mol. The molecule has 0 saturated heterocycles. The van der Waals surface area contributed by atoms with E-state index in [0.717, 1.165) is 30.0 Å². The van der Waals surface area contributed by atoms with Crippen LogP contribution in [0.2, 0.25) is 0 Å². The smallest absolute Gasteiger partial charge is 0.122 e. The Morgan fingerprint density at radius 3 is 2.18 bits per heavy atom. The maximum Gasteiger partial charge on any atom is 0.122 e. The number of hydrogen-bond acceptors (Lipinski definition) is 4. The summed E-state index contributed by atoms with van der Waals surface area (Å²) in [6, 6.07) is 5.97. The lowest BCUT2D eigenvalue weighted by atomic mass is 10.1. The standard InChI is InChI=1S/C13H22N2O2/c1-4-5-15-13(9-14)10-6-11(16-2)8-12(7-10)17-3/h6-8,13,15H,4-5,9,14H2,1-3H3. The lowest BCUT2D eigenvalue weighted by Gasteiger charge is -2.18. The fraction of sp³-hybridized carbons (Fsp3) is 0.538. The molecule has 1 unspecified atom stereocenters. The first-order valence-corrected chi connectivity index (χ1v) is 5.91. The highest BCUT2D eigenvalue weighted by Gasteiger charge is 2.11. The third kappa shape index (κ3) is 3.91. The molecule has 17 heavy (non-hydrogen) atoms. The molecule has 0 heterocycles. The zero-order chi connectivity index (χ0) is 12.7. The topological polar surface area (TPSA) is 56.5 Å². The maximum atomic E-state index is 5.78. The molecule has 1 aromatic rings. The fourth-order valence-corrected chi connectivity index (χ4v) is 1.69. The second-order valence-electron chi connectivity index (χ2n) is 3.89. The van der Waals surface area contributed by atoms with Gasteiger partial charge in [0.25, 0.3) is 0 Å². The van der Waals surface area contributed by atoms with E-state index in [2.05, 4.69) is 12.2 Å². The summed E-state index contributed by atoms with van der Waals surface area (Å²) in [6.45, 7) is 3.63. The van der Waals surface area contributed by atoms with Crippen LogP contribution in [0.4, 0.5) is 0 Å². The number of nitrogens with one attached hydrogen (secondary N) is 1. The van der Waals surface area contributed by atoms with Crippen molar-refractivity contribution in [2.45, 2.75) is 19.4 Å². The highest BCUT2D eigenvalue weighted by Crippen LogP contribution is 2.26. The largest absolute Gasteiger partial charge is 0.497 e. The highest BCUT2D eigenvalue weighted by atomic mass is 16.5. The number of nitrogens with two attached hydrogens (primary N) is 1. The minimum Gasteiger partial charge on any atom is -0.497 e. The van der Waals surface area contributed by atoms with Crippen LogP contribution >= 0.6 is 0 Å². The van der Waals surface area contributed by atoms with Crippen LogP contribution in [0.25, 0.3) is 0 Å². The summed E-state index contributed by atoms with van der Waals surface area (Å²) in [5, 5.41) is 3.40. The number of rotatable bonds is 7. The Hall–Kier alpha value is -1.26. The van der Waals surface area contributed by atoms with Crippen molar-refractivity contribution in [2.75, 3.05) is 27.3 Å². The van der Waals surface area contributed by atoms with Gasteiger partial charge in [0.05, 0.1) is 14.2 Å². The van der Waals surface area contributed by atoms with E-state index < -0.39 is 0 Å². The molecule has 0 aromatic heterocycles. The van der Waals surface area contributed by atoms with Crippen LogP contribution in [-0.4, -0.2) is 27.3 Å². The summed E-state index contributed by atoms with van der Waals surface area (Å²) in [5.74, 6) is 1.58. The van der Waals surface area contributed by atoms with E-state index >= 15 is 0 Å². The van der Waals surface area contributed by atoms with Gasteiger partial charge in [0.1, 0.15) is 11.5 Å². The minimum atomic E-state index is 0.138. The lowest BCUT2D eigenvalue weighted by Crippen LogP contribution is -2.28. The minimum absolute atomic E-state index is 0.138. The summed E-state index contributed by atoms with van der Waals surface area (Å²) >= 11 is 0. The van der Waals surface area contributed by atoms with Gasteiger partial charge in [-0.15, -0.1) is 0 Å². The molecule has 0 amide bonds. The molecular weight excluding hydrogens is 216 g/mol. The van der Waals surface area contributed by atoms with Gasteiger partial charge in [-0.05, 0) is 30.7 Å². The van der Waals surface area contributed by atoms with Gasteiger partial charge in [-0.3, -0.25) is 0 Å². The summed E-state index contributed by atoms with van der Waals surface area (Å²) in [6.07, 6.45) is 1.08. The molecule has 4 nitrogen and oxygen atoms in total. The van der Waals surface area contributed by atoms with Gasteiger partial charge in [0.2, 0.25) is 0 Å². The number of ether oxygens (including phenoxy) is 2. The van der Waals surface area contributed by atoms with Crippen LogP contribution in [0.5, 0.6) is 11.5 Å². The Bertz CT molecular complexity index is 320. The molecule has 0 bridgehead atoms. The van der Waals surface area contributed by atoms with E-state index in [1.54, 1.807) is 14.2 Å². The zero-order valence-electron chi connectivity index (χ0n) is 10.8. The molecule has 0 radical (unpaired) electrons. The Morgan fingerprint density at radius 2 is 1.76 bits per heavy atom. The third-order valence-electron chi connectivity index (χ3n) is 2.65. The van der Waals surface area contributed by atoms with Crippen molar-refractivity contribution in [1.29, 1.82) is 0 Å². The monoisotopic (exact) mass is 238 g/mol. The molecule has 1 aromatic carbocycles. The molecule has 0 spiro atoms. The van der Waals surface area contributed by atoms with Crippen molar-refractivity contribution < 1.29 is 9.47 Å². The van der Waals surface area contributed by atoms with E-state index in [9.17, 15) is 0 Å². The van der Waals surface area contributed by atoms with Crippen molar-refractivity contribution >= 4 is 0 Å². The Labute approximate surface area is 103 Å². The number of methoxy groups -OCH3 is 2. The lowest BCUT2D eigenvalue weighted by molar-refractivity contribution is 0.391. The molecule has 0 fully saturated rings. The summed E-state index contributed by atoms with van der Waals surface area (Å²) in [4.78, 5) is 0. The molecule has 96 valence electrons. The van der Waals surface area contributed by atoms with Crippen molar-refractivity contribution in [3.05, 3.63) is 23.8 Å². The van der Waals surface area contributed by atoms with Crippen molar-refractivity contribution in [1.82, 2.24) is 5.32 Å². The third-order valence-corrected chi connectivity index (χ3v) is 2.65. The van der Waals surface area contributed by atoms with Gasteiger partial charge in [-0.1, -0.05) is 6.92 Å². The maximum absolute atomic E-state index is 5.78. The normalized spacial score (nSPS) is 12.2. The predicted octanol–water partition coefficient (Wildman–Crippen LogP) is 1.70. The van der Waals surface area contributed by atoms with Crippen molar-refractivity contribution in [2.24, 2.45) is 5.73 Å². The van der Waals surface area contributed by atoms with Crippen molar-refractivity contribution in [3.8, 4) is 11.5 Å². The van der Waals surface area contributed by atoms with E-state index in [1.807, 2.05) is 18.2 Å². The summed E-state index contributed by atoms with van der Waals surface area (Å²) < 4.78 is 10.5. The van der Waals surface area contributed by atoms with Crippen LogP contribution in [0.1, 0.15) is 24.9 Å². The SMILES string of the molecule is CCCNC(CN)c1cc(OC)cc(OC)c1. The van der Waals surface area contributed by atoms with Gasteiger partial charge >= 0.3 is 0 Å². The fourth-order valence-electron chi connectivity index (χ4n) is 1.69. The molecular formula is C13H22N2O2. The first-order valence-electron chi connectivity index (χ1n) is 5.91. The molecule has 0 aliphatic heterocycles. The number of benzene rings is 1. The van der Waals surface area contributed by atoms with Crippen LogP contribution < -0.4 is 20.5 Å². The first kappa shape index (κ1) is 13.8. The molecule has 4 heteroatoms. The van der Waals surface area contributed by atoms with Gasteiger partial charge < -0.3 is 20.5 Å². The zero-order valence-corrected chi connectivity index (χ0v) is 10.8. The molecule has 3 N–H and O–H groups in total. The highest BCUT2D eigenvalue weighted by molar-refractivity contribution is 5.39. The van der Waals surface area contributed by atoms with Crippen LogP contribution in [0.3, 0.4) is 0 Å². The van der Waals surface area contributed by atoms with E-state index in [0.29, 0.717) is 6.54 Å². The van der Waals surface area contributed by atoms with E-state index in [4.69, 9.17) is 15.2 Å². The van der Waals surface area contributed by atoms with E-state index in [-0.39, 0.29) is 6.04 Å². The van der Waals surface area contributed by atoms with Gasteiger partial charge in [-0.25, -0.2) is 0 Å². The Kier molecular flexibility index (Phi) is 5.80. The van der Waals surface area contributed by atoms with Crippen LogP contribution in [0.15, 0.2) is 18.2 Å². The van der Waals surface area contributed by atoms with Gasteiger partial charge in [0, 0.05) is 18.7 Å². The van der Waals surface area contributed by atoms with Crippen LogP contribution in [-0.2, 0) is 0 Å². The molecule has 1 rings (SSSR count). The average Bonchev–Trinajstić information content (AvgIpc) is 2.39. The van der Waals surface area contributed by atoms with Gasteiger partial charge in [-0.2, -0.15) is 0 Å².